The van der Waals surface area contributed by atoms with E-state index >= 15 is 0 Å². The van der Waals surface area contributed by atoms with Crippen molar-refractivity contribution >= 4 is 17.7 Å². The average Bonchev–Trinajstić information content (AvgIpc) is 3.13. The third-order valence-corrected chi connectivity index (χ3v) is 5.54. The van der Waals surface area contributed by atoms with Crippen LogP contribution in [0, 0.1) is 13.8 Å². The Kier molecular flexibility index (Phi) is 4.37. The van der Waals surface area contributed by atoms with Gasteiger partial charge in [-0.05, 0) is 44.2 Å². The van der Waals surface area contributed by atoms with Gasteiger partial charge in [0.25, 0.3) is 0 Å². The van der Waals surface area contributed by atoms with Gasteiger partial charge in [-0.1, -0.05) is 0 Å². The number of carboxylic acids is 1. The van der Waals surface area contributed by atoms with Crippen molar-refractivity contribution in [2.24, 2.45) is 0 Å². The van der Waals surface area contributed by atoms with Crippen LogP contribution in [0.3, 0.4) is 0 Å². The number of rotatable bonds is 4. The van der Waals surface area contributed by atoms with Gasteiger partial charge in [-0.2, -0.15) is 0 Å². The van der Waals surface area contributed by atoms with E-state index in [2.05, 4.69) is 29.8 Å². The molecule has 0 saturated carbocycles. The molecule has 2 aromatic rings. The first-order valence-electron chi connectivity index (χ1n) is 7.46. The molecule has 5 nitrogen and oxygen atoms in total. The van der Waals surface area contributed by atoms with Crippen LogP contribution in [0.15, 0.2) is 30.3 Å². The predicted molar refractivity (Wildman–Crippen MR) is 91.6 cm³/mol. The number of methoxy groups -OCH3 is 1. The number of thioether (sulfide) groups is 1. The van der Waals surface area contributed by atoms with Crippen LogP contribution in [0.1, 0.15) is 22.3 Å². The second-order valence-electron chi connectivity index (χ2n) is 5.61. The quantitative estimate of drug-likeness (QED) is 0.901. The third kappa shape index (κ3) is 2.96. The zero-order chi connectivity index (χ0) is 16.6. The van der Waals surface area contributed by atoms with Crippen LogP contribution in [0.4, 0.5) is 0 Å². The largest absolute Gasteiger partial charge is 0.497 e. The summed E-state index contributed by atoms with van der Waals surface area (Å²) in [5, 5.41) is 12.1. The van der Waals surface area contributed by atoms with Gasteiger partial charge in [-0.3, -0.25) is 10.1 Å². The molecule has 0 spiro atoms. The summed E-state index contributed by atoms with van der Waals surface area (Å²) < 4.78 is 7.39. The Bertz CT molecular complexity index is 724. The summed E-state index contributed by atoms with van der Waals surface area (Å²) in [5.41, 5.74) is 4.48. The molecule has 0 radical (unpaired) electrons. The molecule has 0 amide bonds. The van der Waals surface area contributed by atoms with Gasteiger partial charge in [0.1, 0.15) is 11.0 Å². The van der Waals surface area contributed by atoms with Crippen molar-refractivity contribution in [3.63, 3.8) is 0 Å². The van der Waals surface area contributed by atoms with Gasteiger partial charge in [0, 0.05) is 29.2 Å². The summed E-state index contributed by atoms with van der Waals surface area (Å²) >= 11 is 1.47. The highest BCUT2D eigenvalue weighted by atomic mass is 32.2. The van der Waals surface area contributed by atoms with E-state index in [9.17, 15) is 4.79 Å². The van der Waals surface area contributed by atoms with Crippen LogP contribution in [0.5, 0.6) is 5.75 Å². The predicted octanol–water partition coefficient (Wildman–Crippen LogP) is 2.89. The smallest absolute Gasteiger partial charge is 0.318 e. The number of nitrogens with one attached hydrogen (secondary N) is 1. The van der Waals surface area contributed by atoms with Crippen molar-refractivity contribution in [2.75, 3.05) is 13.7 Å². The first-order valence-corrected chi connectivity index (χ1v) is 8.40. The van der Waals surface area contributed by atoms with Gasteiger partial charge in [0.2, 0.25) is 0 Å². The molecular weight excluding hydrogens is 312 g/mol. The van der Waals surface area contributed by atoms with E-state index in [0.29, 0.717) is 6.54 Å². The highest BCUT2D eigenvalue weighted by Gasteiger charge is 2.32. The van der Waals surface area contributed by atoms with Gasteiger partial charge < -0.3 is 14.4 Å². The van der Waals surface area contributed by atoms with E-state index in [1.54, 1.807) is 7.11 Å². The van der Waals surface area contributed by atoms with Crippen molar-refractivity contribution in [1.29, 1.82) is 0 Å². The molecule has 0 bridgehead atoms. The molecule has 122 valence electrons. The number of carbonyl (C=O) groups is 1. The number of benzene rings is 1. The van der Waals surface area contributed by atoms with Crippen LogP contribution in [0.25, 0.3) is 5.69 Å². The highest BCUT2D eigenvalue weighted by Crippen LogP contribution is 2.38. The topological polar surface area (TPSA) is 63.5 Å². The Balaban J connectivity index is 1.92. The lowest BCUT2D eigenvalue weighted by atomic mass is 10.2. The highest BCUT2D eigenvalue weighted by molar-refractivity contribution is 8.01. The summed E-state index contributed by atoms with van der Waals surface area (Å²) in [6.45, 7) is 4.63. The molecule has 2 heterocycles. The third-order valence-electron chi connectivity index (χ3n) is 4.15. The minimum absolute atomic E-state index is 0.0225. The molecule has 1 aromatic heterocycles. The normalized spacial score (nSPS) is 20.7. The first-order chi connectivity index (χ1) is 11.0. The maximum atomic E-state index is 11.1. The minimum Gasteiger partial charge on any atom is -0.497 e. The van der Waals surface area contributed by atoms with Crippen molar-refractivity contribution in [3.05, 3.63) is 47.3 Å². The number of carboxylic acid groups (broad SMARTS) is 1. The van der Waals surface area contributed by atoms with Crippen LogP contribution in [0.2, 0.25) is 0 Å². The Labute approximate surface area is 139 Å². The fourth-order valence-corrected chi connectivity index (χ4v) is 4.20. The summed E-state index contributed by atoms with van der Waals surface area (Å²) in [4.78, 5) is 11.1. The molecule has 2 N–H and O–H groups in total. The Hall–Kier alpha value is -1.92. The van der Waals surface area contributed by atoms with Gasteiger partial charge in [0.05, 0.1) is 12.5 Å². The Morgan fingerprint density at radius 3 is 2.61 bits per heavy atom. The molecule has 0 aliphatic carbocycles. The number of aliphatic carboxylic acids is 1. The SMILES string of the molecule is COc1ccc(-n2c(C)cc([C@H]3NC[C@H](C(=O)O)S3)c2C)cc1. The minimum atomic E-state index is -0.756. The fourth-order valence-electron chi connectivity index (χ4n) is 2.98. The van der Waals surface area contributed by atoms with Gasteiger partial charge in [0.15, 0.2) is 0 Å². The maximum Gasteiger partial charge on any atom is 0.318 e. The lowest BCUT2D eigenvalue weighted by Crippen LogP contribution is -2.21. The van der Waals surface area contributed by atoms with Crippen molar-refractivity contribution in [2.45, 2.75) is 24.5 Å². The van der Waals surface area contributed by atoms with Crippen LogP contribution < -0.4 is 10.1 Å². The molecule has 1 aliphatic rings. The zero-order valence-electron chi connectivity index (χ0n) is 13.4. The first kappa shape index (κ1) is 16.0. The molecule has 2 atom stereocenters. The van der Waals surface area contributed by atoms with E-state index in [0.717, 1.165) is 28.4 Å². The van der Waals surface area contributed by atoms with Crippen LogP contribution in [-0.2, 0) is 4.79 Å². The molecule has 3 rings (SSSR count). The van der Waals surface area contributed by atoms with Crippen molar-refractivity contribution < 1.29 is 14.6 Å². The number of hydrogen-bond donors (Lipinski definition) is 2. The lowest BCUT2D eigenvalue weighted by Gasteiger charge is -2.13. The number of nitrogens with zero attached hydrogens (tertiary/aromatic N) is 1. The fraction of sp³-hybridized carbons (Fsp3) is 0.353. The Morgan fingerprint density at radius 2 is 2.04 bits per heavy atom. The van der Waals surface area contributed by atoms with Gasteiger partial charge in [-0.25, -0.2) is 0 Å². The number of hydrogen-bond acceptors (Lipinski definition) is 4. The number of ether oxygens (including phenoxy) is 1. The van der Waals surface area contributed by atoms with Crippen molar-refractivity contribution in [1.82, 2.24) is 9.88 Å². The van der Waals surface area contributed by atoms with E-state index in [-0.39, 0.29) is 10.6 Å². The summed E-state index contributed by atoms with van der Waals surface area (Å²) in [5.74, 6) is 0.0720. The molecule has 1 aromatic carbocycles. The van der Waals surface area contributed by atoms with E-state index < -0.39 is 5.97 Å². The van der Waals surface area contributed by atoms with E-state index in [1.165, 1.54) is 11.8 Å². The van der Waals surface area contributed by atoms with E-state index in [4.69, 9.17) is 9.84 Å². The zero-order valence-corrected chi connectivity index (χ0v) is 14.2. The molecule has 1 aliphatic heterocycles. The molecule has 1 fully saturated rings. The monoisotopic (exact) mass is 332 g/mol. The summed E-state index contributed by atoms with van der Waals surface area (Å²) in [6.07, 6.45) is 0. The molecule has 23 heavy (non-hydrogen) atoms. The molecule has 0 unspecified atom stereocenters. The van der Waals surface area contributed by atoms with Gasteiger partial charge >= 0.3 is 5.97 Å². The van der Waals surface area contributed by atoms with Crippen LogP contribution in [-0.4, -0.2) is 34.5 Å². The Morgan fingerprint density at radius 1 is 1.35 bits per heavy atom. The molecule has 1 saturated heterocycles. The van der Waals surface area contributed by atoms with Gasteiger partial charge in [-0.15, -0.1) is 11.8 Å². The molecular formula is C17H20N2O3S. The number of aryl methyl sites for hydroxylation is 1. The van der Waals surface area contributed by atoms with Crippen molar-refractivity contribution in [3.8, 4) is 11.4 Å². The maximum absolute atomic E-state index is 11.1. The standard InChI is InChI=1S/C17H20N2O3S/c1-10-8-14(16-18-9-15(23-16)17(20)21)11(2)19(10)12-4-6-13(22-3)7-5-12/h4-8,15-16,18H,9H2,1-3H3,(H,20,21)/t15-,16+/m1/s1. The molecule has 6 heteroatoms. The van der Waals surface area contributed by atoms with E-state index in [1.807, 2.05) is 24.3 Å². The summed E-state index contributed by atoms with van der Waals surface area (Å²) in [6, 6.07) is 10.1. The second kappa shape index (κ2) is 6.29. The summed E-state index contributed by atoms with van der Waals surface area (Å²) in [7, 11) is 1.65. The second-order valence-corrected chi connectivity index (χ2v) is 6.92. The number of aromatic nitrogens is 1. The average molecular weight is 332 g/mol. The van der Waals surface area contributed by atoms with Crippen LogP contribution >= 0.6 is 11.8 Å². The lowest BCUT2D eigenvalue weighted by molar-refractivity contribution is -0.136.